The van der Waals surface area contributed by atoms with E-state index in [0.717, 1.165) is 34.6 Å². The van der Waals surface area contributed by atoms with Crippen molar-refractivity contribution in [3.63, 3.8) is 0 Å². The van der Waals surface area contributed by atoms with Crippen molar-refractivity contribution in [1.29, 1.82) is 5.41 Å². The molecule has 0 fully saturated rings. The maximum Gasteiger partial charge on any atom is 0.312 e. The number of rotatable bonds is 10. The van der Waals surface area contributed by atoms with E-state index in [1.165, 1.54) is 0 Å². The molecule has 3 aromatic rings. The van der Waals surface area contributed by atoms with Crippen LogP contribution in [0, 0.1) is 18.3 Å². The lowest BCUT2D eigenvalue weighted by molar-refractivity contribution is -0.139. The first-order chi connectivity index (χ1) is 14.9. The van der Waals surface area contributed by atoms with Gasteiger partial charge in [0, 0.05) is 12.0 Å². The van der Waals surface area contributed by atoms with E-state index in [-0.39, 0.29) is 18.6 Å². The molecule has 160 valence electrons. The first kappa shape index (κ1) is 22.2. The topological polar surface area (TPSA) is 104 Å². The van der Waals surface area contributed by atoms with E-state index in [1.54, 1.807) is 6.92 Å². The fourth-order valence-corrected chi connectivity index (χ4v) is 3.50. The molecule has 2 N–H and O–H groups in total. The van der Waals surface area contributed by atoms with Gasteiger partial charge in [0.15, 0.2) is 5.78 Å². The van der Waals surface area contributed by atoms with Crippen LogP contribution in [0.25, 0.3) is 11.5 Å². The summed E-state index contributed by atoms with van der Waals surface area (Å²) >= 11 is 0. The van der Waals surface area contributed by atoms with Crippen molar-refractivity contribution < 1.29 is 19.1 Å². The maximum atomic E-state index is 12.4. The molecule has 0 aliphatic heterocycles. The van der Waals surface area contributed by atoms with Gasteiger partial charge in [-0.05, 0) is 49.4 Å². The molecule has 1 atom stereocenters. The van der Waals surface area contributed by atoms with Gasteiger partial charge in [0.25, 0.3) is 0 Å². The van der Waals surface area contributed by atoms with Crippen molar-refractivity contribution in [2.75, 3.05) is 0 Å². The molecule has 31 heavy (non-hydrogen) atoms. The number of carboxylic acids is 1. The van der Waals surface area contributed by atoms with Gasteiger partial charge in [-0.2, -0.15) is 0 Å². The molecule has 0 aliphatic rings. The van der Waals surface area contributed by atoms with Crippen molar-refractivity contribution >= 4 is 17.5 Å². The molecule has 0 unspecified atom stereocenters. The van der Waals surface area contributed by atoms with Gasteiger partial charge in [-0.3, -0.25) is 9.59 Å². The van der Waals surface area contributed by atoms with Gasteiger partial charge >= 0.3 is 5.97 Å². The zero-order chi connectivity index (χ0) is 22.4. The third-order valence-electron chi connectivity index (χ3n) is 5.28. The van der Waals surface area contributed by atoms with Crippen LogP contribution < -0.4 is 0 Å². The summed E-state index contributed by atoms with van der Waals surface area (Å²) in [6.07, 6.45) is 1.68. The molecule has 1 aromatic heterocycles. The number of carbonyl (C=O) groups is 2. The SMILES string of the molecule is CC[C@H](C(=N)C(=O)Cc1cccc(CCc2nc(-c3ccccc3)oc2C)c1)C(=O)O. The van der Waals surface area contributed by atoms with Crippen LogP contribution in [-0.2, 0) is 28.9 Å². The predicted molar refractivity (Wildman–Crippen MR) is 118 cm³/mol. The highest BCUT2D eigenvalue weighted by molar-refractivity contribution is 6.42. The summed E-state index contributed by atoms with van der Waals surface area (Å²) < 4.78 is 5.82. The number of ketones is 1. The van der Waals surface area contributed by atoms with E-state index in [4.69, 9.17) is 9.83 Å². The Morgan fingerprint density at radius 1 is 1.06 bits per heavy atom. The first-order valence-electron chi connectivity index (χ1n) is 10.3. The van der Waals surface area contributed by atoms with Crippen molar-refractivity contribution in [1.82, 2.24) is 4.98 Å². The Labute approximate surface area is 181 Å². The van der Waals surface area contributed by atoms with Crippen LogP contribution in [-0.4, -0.2) is 27.6 Å². The maximum absolute atomic E-state index is 12.4. The number of hydrogen-bond donors (Lipinski definition) is 2. The van der Waals surface area contributed by atoms with Gasteiger partial charge in [-0.15, -0.1) is 0 Å². The van der Waals surface area contributed by atoms with Gasteiger partial charge in [-0.1, -0.05) is 49.4 Å². The smallest absolute Gasteiger partial charge is 0.312 e. The van der Waals surface area contributed by atoms with E-state index >= 15 is 0 Å². The lowest BCUT2D eigenvalue weighted by atomic mass is 9.93. The number of nitrogens with one attached hydrogen (secondary N) is 1. The highest BCUT2D eigenvalue weighted by Gasteiger charge is 2.26. The zero-order valence-corrected chi connectivity index (χ0v) is 17.7. The van der Waals surface area contributed by atoms with Crippen LogP contribution in [0.15, 0.2) is 59.0 Å². The molecule has 0 aliphatic carbocycles. The van der Waals surface area contributed by atoms with Crippen LogP contribution >= 0.6 is 0 Å². The van der Waals surface area contributed by atoms with E-state index in [1.807, 2.05) is 61.5 Å². The van der Waals surface area contributed by atoms with Crippen molar-refractivity contribution in [2.45, 2.75) is 39.5 Å². The largest absolute Gasteiger partial charge is 0.481 e. The standard InChI is InChI=1S/C25H26N2O4/c1-3-20(25(29)30)23(26)22(28)15-18-9-7-8-17(14-18)12-13-21-16(2)31-24(27-21)19-10-5-4-6-11-19/h4-11,14,20,26H,3,12-13,15H2,1-2H3,(H,29,30)/t20-/m1/s1. The minimum absolute atomic E-state index is 0.0254. The van der Waals surface area contributed by atoms with Crippen molar-refractivity contribution in [2.24, 2.45) is 5.92 Å². The Balaban J connectivity index is 1.65. The minimum Gasteiger partial charge on any atom is -0.481 e. The van der Waals surface area contributed by atoms with Crippen LogP contribution in [0.3, 0.4) is 0 Å². The highest BCUT2D eigenvalue weighted by atomic mass is 16.4. The summed E-state index contributed by atoms with van der Waals surface area (Å²) in [7, 11) is 0. The second-order valence-electron chi connectivity index (χ2n) is 7.52. The summed E-state index contributed by atoms with van der Waals surface area (Å²) in [5.74, 6) is -1.24. The Morgan fingerprint density at radius 3 is 2.45 bits per heavy atom. The second-order valence-corrected chi connectivity index (χ2v) is 7.52. The van der Waals surface area contributed by atoms with Crippen LogP contribution in [0.5, 0.6) is 0 Å². The minimum atomic E-state index is -1.13. The highest BCUT2D eigenvalue weighted by Crippen LogP contribution is 2.22. The van der Waals surface area contributed by atoms with E-state index in [2.05, 4.69) is 4.98 Å². The molecular weight excluding hydrogens is 392 g/mol. The number of hydrogen-bond acceptors (Lipinski definition) is 5. The molecule has 0 spiro atoms. The van der Waals surface area contributed by atoms with Crippen LogP contribution in [0.4, 0.5) is 0 Å². The van der Waals surface area contributed by atoms with Crippen LogP contribution in [0.2, 0.25) is 0 Å². The molecular formula is C25H26N2O4. The Morgan fingerprint density at radius 2 is 1.77 bits per heavy atom. The Hall–Kier alpha value is -3.54. The first-order valence-corrected chi connectivity index (χ1v) is 10.3. The summed E-state index contributed by atoms with van der Waals surface area (Å²) in [6.45, 7) is 3.57. The normalized spacial score (nSPS) is 11.8. The third kappa shape index (κ3) is 5.54. The predicted octanol–water partition coefficient (Wildman–Crippen LogP) is 4.68. The third-order valence-corrected chi connectivity index (χ3v) is 5.28. The number of benzene rings is 2. The molecule has 0 radical (unpaired) electrons. The molecule has 6 heteroatoms. The number of carboxylic acid groups (broad SMARTS) is 1. The fraction of sp³-hybridized carbons (Fsp3) is 0.280. The lowest BCUT2D eigenvalue weighted by Gasteiger charge is -2.11. The molecule has 0 saturated heterocycles. The summed E-state index contributed by atoms with van der Waals surface area (Å²) in [4.78, 5) is 28.2. The summed E-state index contributed by atoms with van der Waals surface area (Å²) in [6, 6.07) is 17.4. The Kier molecular flexibility index (Phi) is 7.13. The average Bonchev–Trinajstić information content (AvgIpc) is 3.14. The molecule has 0 amide bonds. The number of nitrogens with zero attached hydrogens (tertiary/aromatic N) is 1. The number of Topliss-reactive ketones (excluding diaryl/α,β-unsaturated/α-hetero) is 1. The summed E-state index contributed by atoms with van der Waals surface area (Å²) in [5, 5.41) is 17.1. The number of aromatic nitrogens is 1. The quantitative estimate of drug-likeness (QED) is 0.465. The summed E-state index contributed by atoms with van der Waals surface area (Å²) in [5.41, 5.74) is 3.31. The molecule has 3 rings (SSSR count). The van der Waals surface area contributed by atoms with Gasteiger partial charge in [0.1, 0.15) is 11.7 Å². The van der Waals surface area contributed by atoms with Gasteiger partial charge < -0.3 is 14.9 Å². The molecule has 2 aromatic carbocycles. The number of aryl methyl sites for hydroxylation is 3. The van der Waals surface area contributed by atoms with Crippen molar-refractivity contribution in [3.05, 3.63) is 77.2 Å². The molecule has 0 bridgehead atoms. The van der Waals surface area contributed by atoms with E-state index < -0.39 is 17.7 Å². The number of oxazole rings is 1. The van der Waals surface area contributed by atoms with E-state index in [9.17, 15) is 14.7 Å². The van der Waals surface area contributed by atoms with Gasteiger partial charge in [0.2, 0.25) is 5.89 Å². The average molecular weight is 418 g/mol. The zero-order valence-electron chi connectivity index (χ0n) is 17.7. The van der Waals surface area contributed by atoms with Gasteiger partial charge in [-0.25, -0.2) is 4.98 Å². The monoisotopic (exact) mass is 418 g/mol. The van der Waals surface area contributed by atoms with Crippen LogP contribution in [0.1, 0.15) is 35.9 Å². The number of aliphatic carboxylic acids is 1. The Bertz CT molecular complexity index is 1090. The van der Waals surface area contributed by atoms with Gasteiger partial charge in [0.05, 0.1) is 11.4 Å². The number of carbonyl (C=O) groups excluding carboxylic acids is 1. The second kappa shape index (κ2) is 9.98. The molecule has 1 heterocycles. The van der Waals surface area contributed by atoms with Crippen molar-refractivity contribution in [3.8, 4) is 11.5 Å². The lowest BCUT2D eigenvalue weighted by Crippen LogP contribution is -2.30. The fourth-order valence-electron chi connectivity index (χ4n) is 3.50. The molecule has 0 saturated carbocycles. The molecule has 6 nitrogen and oxygen atoms in total. The van der Waals surface area contributed by atoms with E-state index in [0.29, 0.717) is 12.3 Å².